The molecule has 0 bridgehead atoms. The van der Waals surface area contributed by atoms with Crippen molar-refractivity contribution >= 4 is 46.7 Å². The van der Waals surface area contributed by atoms with E-state index in [1.165, 1.54) is 25.2 Å². The summed E-state index contributed by atoms with van der Waals surface area (Å²) in [6, 6.07) is 12.4. The SMILES string of the molecule is CNC(=O)N(OC(=O)Nc1ccccc1)c1ccc(Cl)c(Cl)c1. The summed E-state index contributed by atoms with van der Waals surface area (Å²) in [6.45, 7) is 0. The maximum absolute atomic E-state index is 12.0. The summed E-state index contributed by atoms with van der Waals surface area (Å²) in [5.74, 6) is 0. The minimum atomic E-state index is -0.828. The molecule has 2 rings (SSSR count). The Morgan fingerprint density at radius 3 is 2.35 bits per heavy atom. The molecule has 0 spiro atoms. The van der Waals surface area contributed by atoms with Gasteiger partial charge in [-0.1, -0.05) is 41.4 Å². The number of carbonyl (C=O) groups is 2. The third-order valence-corrected chi connectivity index (χ3v) is 3.47. The lowest BCUT2D eigenvalue weighted by molar-refractivity contribution is 0.148. The highest BCUT2D eigenvalue weighted by molar-refractivity contribution is 6.42. The van der Waals surface area contributed by atoms with Gasteiger partial charge in [-0.25, -0.2) is 9.59 Å². The van der Waals surface area contributed by atoms with Crippen LogP contribution in [0.2, 0.25) is 10.0 Å². The molecule has 0 heterocycles. The van der Waals surface area contributed by atoms with Crippen LogP contribution in [0.1, 0.15) is 0 Å². The minimum absolute atomic E-state index is 0.227. The highest BCUT2D eigenvalue weighted by Crippen LogP contribution is 2.27. The topological polar surface area (TPSA) is 70.7 Å². The average Bonchev–Trinajstić information content (AvgIpc) is 2.55. The van der Waals surface area contributed by atoms with E-state index in [1.54, 1.807) is 24.3 Å². The predicted octanol–water partition coefficient (Wildman–Crippen LogP) is 4.30. The Balaban J connectivity index is 2.17. The molecule has 2 aromatic carbocycles. The second-order valence-corrected chi connectivity index (χ2v) is 5.13. The summed E-state index contributed by atoms with van der Waals surface area (Å²) in [5.41, 5.74) is 0.783. The minimum Gasteiger partial charge on any atom is -0.338 e. The Bertz CT molecular complexity index is 710. The van der Waals surface area contributed by atoms with Crippen molar-refractivity contribution in [3.63, 3.8) is 0 Å². The number of nitrogens with zero attached hydrogens (tertiary/aromatic N) is 1. The molecule has 0 aliphatic rings. The van der Waals surface area contributed by atoms with Crippen LogP contribution in [0.15, 0.2) is 48.5 Å². The lowest BCUT2D eigenvalue weighted by atomic mass is 10.3. The van der Waals surface area contributed by atoms with Gasteiger partial charge in [0, 0.05) is 12.7 Å². The van der Waals surface area contributed by atoms with Crippen LogP contribution in [-0.4, -0.2) is 19.2 Å². The molecule has 120 valence electrons. The number of urea groups is 1. The molecular weight excluding hydrogens is 341 g/mol. The van der Waals surface area contributed by atoms with Gasteiger partial charge >= 0.3 is 12.1 Å². The number of rotatable bonds is 2. The third kappa shape index (κ3) is 4.51. The number of anilines is 2. The number of hydrogen-bond acceptors (Lipinski definition) is 3. The number of benzene rings is 2. The molecule has 0 fully saturated rings. The lowest BCUT2D eigenvalue weighted by Crippen LogP contribution is -2.40. The molecule has 0 unspecified atom stereocenters. The number of hydroxylamine groups is 1. The van der Waals surface area contributed by atoms with Gasteiger partial charge in [-0.15, -0.1) is 5.06 Å². The van der Waals surface area contributed by atoms with Crippen LogP contribution >= 0.6 is 23.2 Å². The largest absolute Gasteiger partial charge is 0.436 e. The van der Waals surface area contributed by atoms with Crippen LogP contribution < -0.4 is 15.7 Å². The van der Waals surface area contributed by atoms with Crippen molar-refractivity contribution in [1.29, 1.82) is 0 Å². The van der Waals surface area contributed by atoms with Gasteiger partial charge in [-0.05, 0) is 30.3 Å². The predicted molar refractivity (Wildman–Crippen MR) is 89.9 cm³/mol. The maximum atomic E-state index is 12.0. The molecule has 0 radical (unpaired) electrons. The van der Waals surface area contributed by atoms with Crippen LogP contribution in [0.4, 0.5) is 21.0 Å². The first-order chi connectivity index (χ1) is 11.0. The monoisotopic (exact) mass is 353 g/mol. The second kappa shape index (κ2) is 7.71. The Kier molecular flexibility index (Phi) is 5.67. The number of carbonyl (C=O) groups excluding carboxylic acids is 2. The smallest absolute Gasteiger partial charge is 0.338 e. The van der Waals surface area contributed by atoms with E-state index in [2.05, 4.69) is 10.6 Å². The molecule has 2 N–H and O–H groups in total. The normalized spacial score (nSPS) is 9.87. The van der Waals surface area contributed by atoms with Crippen molar-refractivity contribution in [2.75, 3.05) is 17.4 Å². The van der Waals surface area contributed by atoms with Gasteiger partial charge in [0.1, 0.15) is 0 Å². The standard InChI is InChI=1S/C15H13Cl2N3O3/c1-18-14(21)20(11-7-8-12(16)13(17)9-11)23-15(22)19-10-5-3-2-4-6-10/h2-9H,1H3,(H,18,21)(H,19,22). The number of nitrogens with one attached hydrogen (secondary N) is 2. The van der Waals surface area contributed by atoms with Gasteiger partial charge in [-0.3, -0.25) is 5.32 Å². The fourth-order valence-electron chi connectivity index (χ4n) is 1.67. The molecule has 0 saturated carbocycles. The highest BCUT2D eigenvalue weighted by atomic mass is 35.5. The molecule has 0 aromatic heterocycles. The first-order valence-electron chi connectivity index (χ1n) is 6.52. The lowest BCUT2D eigenvalue weighted by Gasteiger charge is -2.21. The first-order valence-corrected chi connectivity index (χ1v) is 7.27. The number of halogens is 2. The van der Waals surface area contributed by atoms with E-state index in [1.807, 2.05) is 6.07 Å². The fraction of sp³-hybridized carbons (Fsp3) is 0.0667. The molecule has 23 heavy (non-hydrogen) atoms. The van der Waals surface area contributed by atoms with Crippen molar-refractivity contribution in [3.8, 4) is 0 Å². The van der Waals surface area contributed by atoms with Gasteiger partial charge in [0.2, 0.25) is 0 Å². The first kappa shape index (κ1) is 16.9. The second-order valence-electron chi connectivity index (χ2n) is 4.32. The van der Waals surface area contributed by atoms with Crippen LogP contribution in [0.25, 0.3) is 0 Å². The van der Waals surface area contributed by atoms with Crippen molar-refractivity contribution in [2.45, 2.75) is 0 Å². The molecule has 6 nitrogen and oxygen atoms in total. The number of amides is 3. The molecule has 3 amide bonds. The van der Waals surface area contributed by atoms with Crippen molar-refractivity contribution in [3.05, 3.63) is 58.6 Å². The summed E-state index contributed by atoms with van der Waals surface area (Å²) in [6.07, 6.45) is -0.828. The van der Waals surface area contributed by atoms with E-state index < -0.39 is 12.1 Å². The molecular formula is C15H13Cl2N3O3. The van der Waals surface area contributed by atoms with Crippen LogP contribution in [0.3, 0.4) is 0 Å². The van der Waals surface area contributed by atoms with E-state index >= 15 is 0 Å². The summed E-state index contributed by atoms with van der Waals surface area (Å²) < 4.78 is 0. The van der Waals surface area contributed by atoms with E-state index in [9.17, 15) is 9.59 Å². The van der Waals surface area contributed by atoms with Crippen molar-refractivity contribution in [2.24, 2.45) is 0 Å². The summed E-state index contributed by atoms with van der Waals surface area (Å²) in [4.78, 5) is 28.9. The van der Waals surface area contributed by atoms with E-state index in [0.29, 0.717) is 10.7 Å². The Morgan fingerprint density at radius 1 is 1.04 bits per heavy atom. The average molecular weight is 354 g/mol. The zero-order valence-electron chi connectivity index (χ0n) is 12.0. The van der Waals surface area contributed by atoms with E-state index in [4.69, 9.17) is 28.0 Å². The van der Waals surface area contributed by atoms with Crippen LogP contribution in [0, 0.1) is 0 Å². The fourth-order valence-corrected chi connectivity index (χ4v) is 1.96. The zero-order chi connectivity index (χ0) is 16.8. The van der Waals surface area contributed by atoms with E-state index in [0.717, 1.165) is 5.06 Å². The van der Waals surface area contributed by atoms with Crippen LogP contribution in [0.5, 0.6) is 0 Å². The Hall–Kier alpha value is -2.44. The van der Waals surface area contributed by atoms with Gasteiger partial charge in [0.05, 0.1) is 15.7 Å². The van der Waals surface area contributed by atoms with Crippen LogP contribution in [-0.2, 0) is 4.84 Å². The van der Waals surface area contributed by atoms with Gasteiger partial charge < -0.3 is 10.2 Å². The summed E-state index contributed by atoms with van der Waals surface area (Å²) in [7, 11) is 1.41. The Morgan fingerprint density at radius 2 is 1.74 bits per heavy atom. The zero-order valence-corrected chi connectivity index (χ0v) is 13.6. The van der Waals surface area contributed by atoms with Gasteiger partial charge in [-0.2, -0.15) is 0 Å². The highest BCUT2D eigenvalue weighted by Gasteiger charge is 2.21. The number of hydrogen-bond donors (Lipinski definition) is 2. The van der Waals surface area contributed by atoms with Gasteiger partial charge in [0.15, 0.2) is 0 Å². The molecule has 2 aromatic rings. The van der Waals surface area contributed by atoms with Crippen molar-refractivity contribution < 1.29 is 14.4 Å². The summed E-state index contributed by atoms with van der Waals surface area (Å²) >= 11 is 11.8. The molecule has 8 heteroatoms. The summed E-state index contributed by atoms with van der Waals surface area (Å²) in [5, 5.41) is 6.20. The Labute approximate surface area is 142 Å². The molecule has 0 atom stereocenters. The molecule has 0 saturated heterocycles. The third-order valence-electron chi connectivity index (χ3n) is 2.73. The molecule has 0 aliphatic heterocycles. The van der Waals surface area contributed by atoms with E-state index in [-0.39, 0.29) is 10.7 Å². The van der Waals surface area contributed by atoms with Gasteiger partial charge in [0.25, 0.3) is 0 Å². The maximum Gasteiger partial charge on any atom is 0.436 e. The number of para-hydroxylation sites is 1. The quantitative estimate of drug-likeness (QED) is 0.790. The van der Waals surface area contributed by atoms with Crippen molar-refractivity contribution in [1.82, 2.24) is 5.32 Å². The molecule has 0 aliphatic carbocycles.